The Morgan fingerprint density at radius 2 is 2.05 bits per heavy atom. The predicted molar refractivity (Wildman–Crippen MR) is 76.9 cm³/mol. The lowest BCUT2D eigenvalue weighted by atomic mass is 10.1. The molecule has 0 spiro atoms. The van der Waals surface area contributed by atoms with Crippen molar-refractivity contribution in [1.29, 1.82) is 0 Å². The number of anilines is 2. The normalized spacial score (nSPS) is 12.5. The second-order valence-corrected chi connectivity index (χ2v) is 4.49. The summed E-state index contributed by atoms with van der Waals surface area (Å²) in [6, 6.07) is 11.8. The highest BCUT2D eigenvalue weighted by Crippen LogP contribution is 2.30. The number of nitrogens with two attached hydrogens (primary N) is 1. The Morgan fingerprint density at radius 1 is 1.21 bits per heavy atom. The maximum absolute atomic E-state index is 6.03. The maximum Gasteiger partial charge on any atom is 0.125 e. The van der Waals surface area contributed by atoms with Crippen LogP contribution in [-0.2, 0) is 0 Å². The molecule has 0 aliphatic heterocycles. The van der Waals surface area contributed by atoms with Gasteiger partial charge in [-0.05, 0) is 25.1 Å². The number of aromatic nitrogens is 1. The zero-order chi connectivity index (χ0) is 13.2. The first-order chi connectivity index (χ1) is 9.25. The molecule has 19 heavy (non-hydrogen) atoms. The van der Waals surface area contributed by atoms with Crippen LogP contribution in [0.2, 0.25) is 0 Å². The summed E-state index contributed by atoms with van der Waals surface area (Å²) in [6.07, 6.45) is 3.35. The molecular weight excluding hydrogens is 238 g/mol. The van der Waals surface area contributed by atoms with E-state index in [-0.39, 0.29) is 6.04 Å². The van der Waals surface area contributed by atoms with Gasteiger partial charge in [0, 0.05) is 5.39 Å². The van der Waals surface area contributed by atoms with Gasteiger partial charge in [0.05, 0.1) is 35.4 Å². The summed E-state index contributed by atoms with van der Waals surface area (Å²) in [5, 5.41) is 4.41. The number of furan rings is 1. The smallest absolute Gasteiger partial charge is 0.125 e. The average Bonchev–Trinajstić information content (AvgIpc) is 2.96. The Morgan fingerprint density at radius 3 is 2.84 bits per heavy atom. The van der Waals surface area contributed by atoms with E-state index >= 15 is 0 Å². The van der Waals surface area contributed by atoms with Crippen molar-refractivity contribution in [1.82, 2.24) is 4.98 Å². The summed E-state index contributed by atoms with van der Waals surface area (Å²) < 4.78 is 5.40. The van der Waals surface area contributed by atoms with Crippen LogP contribution in [0.4, 0.5) is 11.4 Å². The fourth-order valence-corrected chi connectivity index (χ4v) is 2.14. The predicted octanol–water partition coefficient (Wildman–Crippen LogP) is 3.58. The van der Waals surface area contributed by atoms with Crippen molar-refractivity contribution in [3.05, 3.63) is 54.6 Å². The lowest BCUT2D eigenvalue weighted by Gasteiger charge is -2.16. The molecule has 1 unspecified atom stereocenters. The third kappa shape index (κ3) is 2.12. The van der Waals surface area contributed by atoms with Gasteiger partial charge in [-0.15, -0.1) is 0 Å². The lowest BCUT2D eigenvalue weighted by molar-refractivity contribution is 0.491. The van der Waals surface area contributed by atoms with Gasteiger partial charge >= 0.3 is 0 Å². The highest BCUT2D eigenvalue weighted by molar-refractivity contribution is 5.96. The molecule has 3 aromatic rings. The number of nitrogens with one attached hydrogen (secondary N) is 1. The molecule has 0 amide bonds. The molecule has 1 atom stereocenters. The largest absolute Gasteiger partial charge is 0.467 e. The highest BCUT2D eigenvalue weighted by atomic mass is 16.3. The Labute approximate surface area is 111 Å². The number of fused-ring (bicyclic) bond motifs is 1. The fourth-order valence-electron chi connectivity index (χ4n) is 2.14. The van der Waals surface area contributed by atoms with Crippen LogP contribution in [0.3, 0.4) is 0 Å². The molecule has 1 aromatic carbocycles. The van der Waals surface area contributed by atoms with Gasteiger partial charge in [0.25, 0.3) is 0 Å². The van der Waals surface area contributed by atoms with Gasteiger partial charge in [-0.25, -0.2) is 0 Å². The first-order valence-corrected chi connectivity index (χ1v) is 6.19. The summed E-state index contributed by atoms with van der Waals surface area (Å²) in [6.45, 7) is 2.04. The first kappa shape index (κ1) is 11.6. The van der Waals surface area contributed by atoms with E-state index in [1.54, 1.807) is 12.5 Å². The van der Waals surface area contributed by atoms with Crippen molar-refractivity contribution in [2.75, 3.05) is 11.1 Å². The zero-order valence-electron chi connectivity index (χ0n) is 10.6. The van der Waals surface area contributed by atoms with Gasteiger partial charge in [-0.1, -0.05) is 18.2 Å². The quantitative estimate of drug-likeness (QED) is 0.748. The van der Waals surface area contributed by atoms with Gasteiger partial charge in [0.2, 0.25) is 0 Å². The molecule has 0 saturated heterocycles. The van der Waals surface area contributed by atoms with Crippen LogP contribution in [0, 0.1) is 0 Å². The van der Waals surface area contributed by atoms with Crippen LogP contribution in [0.1, 0.15) is 18.7 Å². The van der Waals surface area contributed by atoms with Crippen molar-refractivity contribution in [3.8, 4) is 0 Å². The van der Waals surface area contributed by atoms with E-state index in [1.807, 2.05) is 43.3 Å². The van der Waals surface area contributed by atoms with Gasteiger partial charge in [0.1, 0.15) is 5.76 Å². The van der Waals surface area contributed by atoms with Crippen molar-refractivity contribution in [2.24, 2.45) is 0 Å². The minimum absolute atomic E-state index is 0.0445. The monoisotopic (exact) mass is 253 g/mol. The SMILES string of the molecule is CC(Nc1c(N)cnc2ccccc12)c1ccco1. The minimum Gasteiger partial charge on any atom is -0.467 e. The van der Waals surface area contributed by atoms with E-state index < -0.39 is 0 Å². The number of hydrogen-bond acceptors (Lipinski definition) is 4. The zero-order valence-corrected chi connectivity index (χ0v) is 10.6. The van der Waals surface area contributed by atoms with E-state index in [1.165, 1.54) is 0 Å². The first-order valence-electron chi connectivity index (χ1n) is 6.19. The third-order valence-corrected chi connectivity index (χ3v) is 3.14. The molecule has 2 aromatic heterocycles. The van der Waals surface area contributed by atoms with Crippen LogP contribution >= 0.6 is 0 Å². The van der Waals surface area contributed by atoms with Crippen LogP contribution in [0.5, 0.6) is 0 Å². The molecule has 0 bridgehead atoms. The van der Waals surface area contributed by atoms with Crippen molar-refractivity contribution in [2.45, 2.75) is 13.0 Å². The molecular formula is C15H15N3O. The van der Waals surface area contributed by atoms with E-state index in [0.717, 1.165) is 22.4 Å². The van der Waals surface area contributed by atoms with Crippen LogP contribution in [-0.4, -0.2) is 4.98 Å². The summed E-state index contributed by atoms with van der Waals surface area (Å²) in [5.41, 5.74) is 8.49. The van der Waals surface area contributed by atoms with Gasteiger partial charge in [-0.3, -0.25) is 4.98 Å². The molecule has 0 aliphatic carbocycles. The van der Waals surface area contributed by atoms with Gasteiger partial charge in [0.15, 0.2) is 0 Å². The molecule has 4 heteroatoms. The second kappa shape index (κ2) is 4.65. The summed E-state index contributed by atoms with van der Waals surface area (Å²) in [5.74, 6) is 0.875. The maximum atomic E-state index is 6.03. The van der Waals surface area contributed by atoms with Gasteiger partial charge < -0.3 is 15.5 Å². The van der Waals surface area contributed by atoms with Gasteiger partial charge in [-0.2, -0.15) is 0 Å². The second-order valence-electron chi connectivity index (χ2n) is 4.49. The Hall–Kier alpha value is -2.49. The molecule has 4 nitrogen and oxygen atoms in total. The minimum atomic E-state index is 0.0445. The van der Waals surface area contributed by atoms with Crippen molar-refractivity contribution < 1.29 is 4.42 Å². The molecule has 0 saturated carbocycles. The lowest BCUT2D eigenvalue weighted by Crippen LogP contribution is -2.08. The Balaban J connectivity index is 2.02. The van der Waals surface area contributed by atoms with E-state index in [9.17, 15) is 0 Å². The number of pyridine rings is 1. The molecule has 96 valence electrons. The highest BCUT2D eigenvalue weighted by Gasteiger charge is 2.12. The number of para-hydroxylation sites is 1. The number of benzene rings is 1. The number of rotatable bonds is 3. The average molecular weight is 253 g/mol. The Kier molecular flexibility index (Phi) is 2.83. The van der Waals surface area contributed by atoms with Crippen molar-refractivity contribution >= 4 is 22.3 Å². The number of nitrogens with zero attached hydrogens (tertiary/aromatic N) is 1. The molecule has 2 heterocycles. The number of nitrogen functional groups attached to an aromatic ring is 1. The standard InChI is InChI=1S/C15H15N3O/c1-10(14-7-4-8-19-14)18-15-11-5-2-3-6-13(11)17-9-12(15)16/h2-10H,16H2,1H3,(H,17,18). The topological polar surface area (TPSA) is 64.1 Å². The molecule has 3 N–H and O–H groups in total. The van der Waals surface area contributed by atoms with Crippen LogP contribution in [0.15, 0.2) is 53.3 Å². The van der Waals surface area contributed by atoms with Crippen LogP contribution < -0.4 is 11.1 Å². The van der Waals surface area contributed by atoms with E-state index in [2.05, 4.69) is 10.3 Å². The summed E-state index contributed by atoms with van der Waals surface area (Å²) in [7, 11) is 0. The summed E-state index contributed by atoms with van der Waals surface area (Å²) in [4.78, 5) is 4.32. The third-order valence-electron chi connectivity index (χ3n) is 3.14. The molecule has 0 aliphatic rings. The number of hydrogen-bond donors (Lipinski definition) is 2. The van der Waals surface area contributed by atoms with Crippen molar-refractivity contribution in [3.63, 3.8) is 0 Å². The molecule has 0 fully saturated rings. The molecule has 0 radical (unpaired) electrons. The van der Waals surface area contributed by atoms with E-state index in [4.69, 9.17) is 10.2 Å². The van der Waals surface area contributed by atoms with Crippen LogP contribution in [0.25, 0.3) is 10.9 Å². The fraction of sp³-hybridized carbons (Fsp3) is 0.133. The molecule has 3 rings (SSSR count). The van der Waals surface area contributed by atoms with E-state index in [0.29, 0.717) is 5.69 Å². The summed E-state index contributed by atoms with van der Waals surface area (Å²) >= 11 is 0. The Bertz CT molecular complexity index is 692.